The number of benzene rings is 1. The Bertz CT molecular complexity index is 453. The first-order valence-corrected chi connectivity index (χ1v) is 8.23. The summed E-state index contributed by atoms with van der Waals surface area (Å²) in [5.74, 6) is 0.326. The second-order valence-corrected chi connectivity index (χ2v) is 6.66. The number of nitrogens with zero attached hydrogens (tertiary/aromatic N) is 1. The lowest BCUT2D eigenvalue weighted by Crippen LogP contribution is -2.35. The molecule has 21 heavy (non-hydrogen) atoms. The van der Waals surface area contributed by atoms with Crippen LogP contribution in [-0.4, -0.2) is 17.7 Å². The van der Waals surface area contributed by atoms with Gasteiger partial charge in [0.15, 0.2) is 0 Å². The maximum Gasteiger partial charge on any atom is 0.131 e. The Morgan fingerprint density at radius 1 is 1.24 bits per heavy atom. The monoisotopic (exact) mass is 293 g/mol. The fourth-order valence-corrected chi connectivity index (χ4v) is 3.30. The molecule has 1 fully saturated rings. The predicted octanol–water partition coefficient (Wildman–Crippen LogP) is 4.67. The van der Waals surface area contributed by atoms with Crippen LogP contribution < -0.4 is 4.90 Å². The molecule has 0 heterocycles. The Hall–Kier alpha value is -1.09. The summed E-state index contributed by atoms with van der Waals surface area (Å²) in [6.45, 7) is 7.02. The molecule has 0 radical (unpaired) electrons. The largest absolute Gasteiger partial charge is 0.389 e. The normalized spacial score (nSPS) is 17.4. The summed E-state index contributed by atoms with van der Waals surface area (Å²) in [6, 6.07) is 5.65. The third kappa shape index (κ3) is 3.97. The standard InChI is InChI=1S/C18H28FNO/c1-13(2)11-12-20(15-7-4-5-8-15)17-10-6-9-16(19)18(17)14(3)21/h6,9-10,13-15,21H,4-5,7-8,11-12H2,1-3H3/t14-/m0/s1. The first-order chi connectivity index (χ1) is 10.0. The van der Waals surface area contributed by atoms with E-state index >= 15 is 0 Å². The Balaban J connectivity index is 2.33. The molecule has 1 aromatic rings. The fraction of sp³-hybridized carbons (Fsp3) is 0.667. The molecule has 3 heteroatoms. The zero-order chi connectivity index (χ0) is 15.4. The molecule has 0 spiro atoms. The molecule has 1 saturated carbocycles. The van der Waals surface area contributed by atoms with Crippen LogP contribution in [0.5, 0.6) is 0 Å². The number of aliphatic hydroxyl groups is 1. The SMILES string of the molecule is CC(C)CCN(c1cccc(F)c1[C@H](C)O)C1CCCC1. The van der Waals surface area contributed by atoms with Crippen LogP contribution in [0.2, 0.25) is 0 Å². The van der Waals surface area contributed by atoms with Gasteiger partial charge < -0.3 is 10.0 Å². The molecule has 2 nitrogen and oxygen atoms in total. The van der Waals surface area contributed by atoms with Gasteiger partial charge in [0.1, 0.15) is 5.82 Å². The van der Waals surface area contributed by atoms with Crippen molar-refractivity contribution in [2.45, 2.75) is 65.0 Å². The Labute approximate surface area is 128 Å². The van der Waals surface area contributed by atoms with Crippen LogP contribution in [0.25, 0.3) is 0 Å². The minimum Gasteiger partial charge on any atom is -0.389 e. The lowest BCUT2D eigenvalue weighted by atomic mass is 10.0. The summed E-state index contributed by atoms with van der Waals surface area (Å²) in [5.41, 5.74) is 1.34. The molecule has 0 saturated heterocycles. The molecule has 0 bridgehead atoms. The predicted molar refractivity (Wildman–Crippen MR) is 86.1 cm³/mol. The fourth-order valence-electron chi connectivity index (χ4n) is 3.30. The van der Waals surface area contributed by atoms with E-state index in [9.17, 15) is 9.50 Å². The summed E-state index contributed by atoms with van der Waals surface area (Å²) in [7, 11) is 0. The number of hydrogen-bond acceptors (Lipinski definition) is 2. The molecule has 1 atom stereocenters. The third-order valence-electron chi connectivity index (χ3n) is 4.47. The lowest BCUT2D eigenvalue weighted by molar-refractivity contribution is 0.194. The van der Waals surface area contributed by atoms with Crippen LogP contribution >= 0.6 is 0 Å². The summed E-state index contributed by atoms with van der Waals surface area (Å²) in [4.78, 5) is 2.35. The molecule has 0 amide bonds. The molecule has 0 aromatic heterocycles. The second kappa shape index (κ2) is 7.26. The summed E-state index contributed by atoms with van der Waals surface area (Å²) < 4.78 is 14.2. The van der Waals surface area contributed by atoms with Crippen LogP contribution in [0.4, 0.5) is 10.1 Å². The molecule has 0 unspecified atom stereocenters. The number of halogens is 1. The average Bonchev–Trinajstić information content (AvgIpc) is 2.92. The molecule has 118 valence electrons. The van der Waals surface area contributed by atoms with Crippen LogP contribution in [0.1, 0.15) is 64.5 Å². The van der Waals surface area contributed by atoms with Gasteiger partial charge in [-0.3, -0.25) is 0 Å². The minimum absolute atomic E-state index is 0.296. The molecule has 2 rings (SSSR count). The Kier molecular flexibility index (Phi) is 5.63. The first-order valence-electron chi connectivity index (χ1n) is 8.23. The van der Waals surface area contributed by atoms with Crippen molar-refractivity contribution in [2.75, 3.05) is 11.4 Å². The van der Waals surface area contributed by atoms with Crippen molar-refractivity contribution in [2.24, 2.45) is 5.92 Å². The van der Waals surface area contributed by atoms with Crippen molar-refractivity contribution < 1.29 is 9.50 Å². The topological polar surface area (TPSA) is 23.5 Å². The minimum atomic E-state index is -0.774. The van der Waals surface area contributed by atoms with Gasteiger partial charge >= 0.3 is 0 Å². The summed E-state index contributed by atoms with van der Waals surface area (Å²) in [6.07, 6.45) is 5.17. The number of rotatable bonds is 6. The molecule has 1 aliphatic carbocycles. The van der Waals surface area contributed by atoms with Crippen LogP contribution in [-0.2, 0) is 0 Å². The average molecular weight is 293 g/mol. The van der Waals surface area contributed by atoms with Crippen LogP contribution in [0.3, 0.4) is 0 Å². The van der Waals surface area contributed by atoms with E-state index in [4.69, 9.17) is 0 Å². The van der Waals surface area contributed by atoms with E-state index in [0.29, 0.717) is 17.5 Å². The highest BCUT2D eigenvalue weighted by atomic mass is 19.1. The van der Waals surface area contributed by atoms with Crippen LogP contribution in [0, 0.1) is 11.7 Å². The van der Waals surface area contributed by atoms with Gasteiger partial charge in [0.25, 0.3) is 0 Å². The molecular weight excluding hydrogens is 265 g/mol. The van der Waals surface area contributed by atoms with E-state index < -0.39 is 6.10 Å². The van der Waals surface area contributed by atoms with Gasteiger partial charge in [-0.05, 0) is 44.2 Å². The zero-order valence-corrected chi connectivity index (χ0v) is 13.5. The van der Waals surface area contributed by atoms with Crippen molar-refractivity contribution in [1.29, 1.82) is 0 Å². The van der Waals surface area contributed by atoms with E-state index in [-0.39, 0.29) is 5.82 Å². The van der Waals surface area contributed by atoms with Crippen LogP contribution in [0.15, 0.2) is 18.2 Å². The third-order valence-corrected chi connectivity index (χ3v) is 4.47. The molecule has 1 aromatic carbocycles. The van der Waals surface area contributed by atoms with Gasteiger partial charge in [0.05, 0.1) is 6.10 Å². The van der Waals surface area contributed by atoms with E-state index in [1.54, 1.807) is 13.0 Å². The van der Waals surface area contributed by atoms with Crippen molar-refractivity contribution in [3.05, 3.63) is 29.6 Å². The van der Waals surface area contributed by atoms with E-state index in [1.807, 2.05) is 6.07 Å². The highest BCUT2D eigenvalue weighted by Crippen LogP contribution is 2.34. The molecule has 1 N–H and O–H groups in total. The van der Waals surface area contributed by atoms with Crippen molar-refractivity contribution in [3.8, 4) is 0 Å². The number of aliphatic hydroxyl groups excluding tert-OH is 1. The second-order valence-electron chi connectivity index (χ2n) is 6.66. The first kappa shape index (κ1) is 16.3. The van der Waals surface area contributed by atoms with Gasteiger partial charge in [-0.25, -0.2) is 4.39 Å². The quantitative estimate of drug-likeness (QED) is 0.823. The van der Waals surface area contributed by atoms with E-state index in [0.717, 1.165) is 18.7 Å². The van der Waals surface area contributed by atoms with Crippen molar-refractivity contribution in [1.82, 2.24) is 0 Å². The highest BCUT2D eigenvalue weighted by molar-refractivity contribution is 5.56. The summed E-state index contributed by atoms with van der Waals surface area (Å²) >= 11 is 0. The van der Waals surface area contributed by atoms with Gasteiger partial charge in [0.2, 0.25) is 0 Å². The van der Waals surface area contributed by atoms with Crippen molar-refractivity contribution >= 4 is 5.69 Å². The van der Waals surface area contributed by atoms with Crippen molar-refractivity contribution in [3.63, 3.8) is 0 Å². The van der Waals surface area contributed by atoms with Gasteiger partial charge in [-0.15, -0.1) is 0 Å². The maximum absolute atomic E-state index is 14.2. The molecular formula is C18H28FNO. The maximum atomic E-state index is 14.2. The lowest BCUT2D eigenvalue weighted by Gasteiger charge is -2.34. The smallest absolute Gasteiger partial charge is 0.131 e. The Morgan fingerprint density at radius 3 is 2.48 bits per heavy atom. The number of hydrogen-bond donors (Lipinski definition) is 1. The molecule has 1 aliphatic rings. The van der Waals surface area contributed by atoms with E-state index in [2.05, 4.69) is 18.7 Å². The van der Waals surface area contributed by atoms with E-state index in [1.165, 1.54) is 31.7 Å². The summed E-state index contributed by atoms with van der Waals surface area (Å²) in [5, 5.41) is 9.99. The number of anilines is 1. The molecule has 0 aliphatic heterocycles. The zero-order valence-electron chi connectivity index (χ0n) is 13.5. The Morgan fingerprint density at radius 2 is 1.90 bits per heavy atom. The van der Waals surface area contributed by atoms with Gasteiger partial charge in [-0.2, -0.15) is 0 Å². The van der Waals surface area contributed by atoms with Gasteiger partial charge in [0, 0.05) is 23.8 Å². The highest BCUT2D eigenvalue weighted by Gasteiger charge is 2.26. The van der Waals surface area contributed by atoms with Gasteiger partial charge in [-0.1, -0.05) is 32.8 Å².